The lowest BCUT2D eigenvalue weighted by Crippen LogP contribution is -2.44. The molecule has 10 heteroatoms. The largest absolute Gasteiger partial charge is 0.493 e. The average molecular weight is 452 g/mol. The Morgan fingerprint density at radius 1 is 1.20 bits per heavy atom. The number of para-hydroxylation sites is 1. The summed E-state index contributed by atoms with van der Waals surface area (Å²) >= 11 is 5.84. The first-order chi connectivity index (χ1) is 14.4. The number of sulfonamides is 1. The molecule has 8 nitrogen and oxygen atoms in total. The van der Waals surface area contributed by atoms with E-state index in [1.165, 1.54) is 49.0 Å². The van der Waals surface area contributed by atoms with Crippen LogP contribution in [0.5, 0.6) is 11.5 Å². The molecule has 1 fully saturated rings. The van der Waals surface area contributed by atoms with E-state index in [1.54, 1.807) is 18.2 Å². The second-order valence-electron chi connectivity index (χ2n) is 6.54. The fourth-order valence-electron chi connectivity index (χ4n) is 3.29. The van der Waals surface area contributed by atoms with Gasteiger partial charge in [0.05, 0.1) is 25.3 Å². The first kappa shape index (κ1) is 22.1. The SMILES string of the molecule is COc1cccc(C=NNC(=O)[C@H]2CCCN2S(=O)(=O)c2ccc(Cl)cc2)c1OC. The molecule has 1 aliphatic heterocycles. The highest BCUT2D eigenvalue weighted by Crippen LogP contribution is 2.29. The molecule has 1 atom stereocenters. The summed E-state index contributed by atoms with van der Waals surface area (Å²) < 4.78 is 37.6. The zero-order chi connectivity index (χ0) is 21.7. The summed E-state index contributed by atoms with van der Waals surface area (Å²) in [6, 6.07) is 10.3. The number of benzene rings is 2. The number of hydrogen-bond acceptors (Lipinski definition) is 6. The van der Waals surface area contributed by atoms with Gasteiger partial charge >= 0.3 is 0 Å². The Bertz CT molecular complexity index is 1040. The first-order valence-electron chi connectivity index (χ1n) is 9.20. The lowest BCUT2D eigenvalue weighted by molar-refractivity contribution is -0.124. The van der Waals surface area contributed by atoms with Crippen molar-refractivity contribution in [1.29, 1.82) is 0 Å². The lowest BCUT2D eigenvalue weighted by Gasteiger charge is -2.22. The van der Waals surface area contributed by atoms with Crippen molar-refractivity contribution in [3.8, 4) is 11.5 Å². The highest BCUT2D eigenvalue weighted by atomic mass is 35.5. The van der Waals surface area contributed by atoms with Gasteiger partial charge in [-0.05, 0) is 49.2 Å². The quantitative estimate of drug-likeness (QED) is 0.515. The number of nitrogens with zero attached hydrogens (tertiary/aromatic N) is 2. The zero-order valence-corrected chi connectivity index (χ0v) is 18.1. The second-order valence-corrected chi connectivity index (χ2v) is 8.87. The normalized spacial score (nSPS) is 17.2. The number of ether oxygens (including phenoxy) is 2. The molecule has 0 aliphatic carbocycles. The minimum atomic E-state index is -3.82. The van der Waals surface area contributed by atoms with Crippen molar-refractivity contribution >= 4 is 33.7 Å². The highest BCUT2D eigenvalue weighted by Gasteiger charge is 2.39. The van der Waals surface area contributed by atoms with E-state index in [-0.39, 0.29) is 11.4 Å². The van der Waals surface area contributed by atoms with Crippen molar-refractivity contribution in [2.24, 2.45) is 5.10 Å². The van der Waals surface area contributed by atoms with Crippen LogP contribution in [-0.4, -0.2) is 51.7 Å². The Kier molecular flexibility index (Phi) is 6.96. The van der Waals surface area contributed by atoms with Crippen LogP contribution in [0.15, 0.2) is 52.5 Å². The van der Waals surface area contributed by atoms with Gasteiger partial charge < -0.3 is 9.47 Å². The molecule has 0 saturated carbocycles. The number of carbonyl (C=O) groups is 1. The third-order valence-corrected chi connectivity index (χ3v) is 6.91. The molecule has 3 rings (SSSR count). The molecule has 1 heterocycles. The van der Waals surface area contributed by atoms with Crippen LogP contribution >= 0.6 is 11.6 Å². The standard InChI is InChI=1S/C20H22ClN3O5S/c1-28-18-7-3-5-14(19(18)29-2)13-22-23-20(25)17-6-4-12-24(17)30(26,27)16-10-8-15(21)9-11-16/h3,5,7-11,13,17H,4,6,12H2,1-2H3,(H,23,25)/t17-/m1/s1. The summed E-state index contributed by atoms with van der Waals surface area (Å²) in [6.45, 7) is 0.260. The van der Waals surface area contributed by atoms with Crippen molar-refractivity contribution < 1.29 is 22.7 Å². The van der Waals surface area contributed by atoms with Gasteiger partial charge in [-0.15, -0.1) is 0 Å². The molecule has 1 N–H and O–H groups in total. The second kappa shape index (κ2) is 9.46. The molecule has 1 aliphatic rings. The van der Waals surface area contributed by atoms with E-state index >= 15 is 0 Å². The average Bonchev–Trinajstić information content (AvgIpc) is 3.24. The van der Waals surface area contributed by atoms with Gasteiger partial charge in [-0.1, -0.05) is 17.7 Å². The molecular weight excluding hydrogens is 430 g/mol. The molecule has 30 heavy (non-hydrogen) atoms. The van der Waals surface area contributed by atoms with Crippen LogP contribution in [0.1, 0.15) is 18.4 Å². The van der Waals surface area contributed by atoms with Crippen LogP contribution in [0.4, 0.5) is 0 Å². The Hall–Kier alpha value is -2.62. The number of halogens is 1. The smallest absolute Gasteiger partial charge is 0.258 e. The summed E-state index contributed by atoms with van der Waals surface area (Å²) in [7, 11) is -0.791. The van der Waals surface area contributed by atoms with Gasteiger partial charge in [0.2, 0.25) is 10.0 Å². The summed E-state index contributed by atoms with van der Waals surface area (Å²) in [4.78, 5) is 12.7. The molecule has 0 bridgehead atoms. The number of rotatable bonds is 7. The van der Waals surface area contributed by atoms with E-state index in [4.69, 9.17) is 21.1 Å². The minimum Gasteiger partial charge on any atom is -0.493 e. The maximum absolute atomic E-state index is 12.9. The Labute approximate surface area is 180 Å². The predicted octanol–water partition coefficient (Wildman–Crippen LogP) is 2.66. The molecule has 0 aromatic heterocycles. The maximum atomic E-state index is 12.9. The molecule has 1 saturated heterocycles. The fourth-order valence-corrected chi connectivity index (χ4v) is 5.07. The third-order valence-electron chi connectivity index (χ3n) is 4.74. The van der Waals surface area contributed by atoms with E-state index in [0.717, 1.165) is 0 Å². The van der Waals surface area contributed by atoms with Crippen LogP contribution in [-0.2, 0) is 14.8 Å². The number of hydrogen-bond donors (Lipinski definition) is 1. The van der Waals surface area contributed by atoms with Crippen LogP contribution in [0.25, 0.3) is 0 Å². The van der Waals surface area contributed by atoms with Gasteiger partial charge in [-0.25, -0.2) is 13.8 Å². The zero-order valence-electron chi connectivity index (χ0n) is 16.5. The van der Waals surface area contributed by atoms with Crippen molar-refractivity contribution in [3.63, 3.8) is 0 Å². The highest BCUT2D eigenvalue weighted by molar-refractivity contribution is 7.89. The first-order valence-corrected chi connectivity index (χ1v) is 11.0. The van der Waals surface area contributed by atoms with Crippen LogP contribution in [0.3, 0.4) is 0 Å². The molecule has 0 spiro atoms. The number of nitrogens with one attached hydrogen (secondary N) is 1. The number of carbonyl (C=O) groups excluding carboxylic acids is 1. The van der Waals surface area contributed by atoms with Crippen LogP contribution in [0, 0.1) is 0 Å². The van der Waals surface area contributed by atoms with Gasteiger partial charge in [-0.3, -0.25) is 4.79 Å². The van der Waals surface area contributed by atoms with E-state index in [1.807, 2.05) is 0 Å². The summed E-state index contributed by atoms with van der Waals surface area (Å²) in [5.41, 5.74) is 3.04. The summed E-state index contributed by atoms with van der Waals surface area (Å²) in [6.07, 6.45) is 2.42. The maximum Gasteiger partial charge on any atom is 0.258 e. The topological polar surface area (TPSA) is 97.3 Å². The van der Waals surface area contributed by atoms with Crippen molar-refractivity contribution in [2.45, 2.75) is 23.8 Å². The molecule has 2 aromatic rings. The third kappa shape index (κ3) is 4.58. The molecule has 0 unspecified atom stereocenters. The minimum absolute atomic E-state index is 0.0937. The molecule has 0 radical (unpaired) electrons. The number of methoxy groups -OCH3 is 2. The van der Waals surface area contributed by atoms with Crippen molar-refractivity contribution in [2.75, 3.05) is 20.8 Å². The summed E-state index contributed by atoms with van der Waals surface area (Å²) in [5, 5.41) is 4.41. The monoisotopic (exact) mass is 451 g/mol. The predicted molar refractivity (Wildman–Crippen MR) is 114 cm³/mol. The number of hydrazone groups is 1. The lowest BCUT2D eigenvalue weighted by atomic mass is 10.2. The molecule has 160 valence electrons. The van der Waals surface area contributed by atoms with E-state index < -0.39 is 22.0 Å². The van der Waals surface area contributed by atoms with Crippen LogP contribution < -0.4 is 14.9 Å². The van der Waals surface area contributed by atoms with Gasteiger partial charge in [-0.2, -0.15) is 9.41 Å². The van der Waals surface area contributed by atoms with E-state index in [0.29, 0.717) is 34.9 Å². The molecule has 2 aromatic carbocycles. The van der Waals surface area contributed by atoms with Crippen molar-refractivity contribution in [3.05, 3.63) is 53.1 Å². The molecular formula is C20H22ClN3O5S. The van der Waals surface area contributed by atoms with Gasteiger partial charge in [0.1, 0.15) is 6.04 Å². The van der Waals surface area contributed by atoms with Crippen LogP contribution in [0.2, 0.25) is 5.02 Å². The van der Waals surface area contributed by atoms with Gasteiger partial charge in [0, 0.05) is 17.1 Å². The van der Waals surface area contributed by atoms with E-state index in [9.17, 15) is 13.2 Å². The Balaban J connectivity index is 1.74. The number of amides is 1. The fraction of sp³-hybridized carbons (Fsp3) is 0.300. The van der Waals surface area contributed by atoms with Gasteiger partial charge in [0.25, 0.3) is 5.91 Å². The Morgan fingerprint density at radius 3 is 2.60 bits per heavy atom. The van der Waals surface area contributed by atoms with Crippen molar-refractivity contribution in [1.82, 2.24) is 9.73 Å². The molecule has 1 amide bonds. The Morgan fingerprint density at radius 2 is 1.93 bits per heavy atom. The summed E-state index contributed by atoms with van der Waals surface area (Å²) in [5.74, 6) is 0.512. The van der Waals surface area contributed by atoms with Gasteiger partial charge in [0.15, 0.2) is 11.5 Å². The van der Waals surface area contributed by atoms with E-state index in [2.05, 4.69) is 10.5 Å².